The van der Waals surface area contributed by atoms with Crippen LogP contribution in [-0.2, 0) is 6.42 Å². The van der Waals surface area contributed by atoms with Crippen molar-refractivity contribution < 1.29 is 0 Å². The summed E-state index contributed by atoms with van der Waals surface area (Å²) in [5.74, 6) is 0. The largest absolute Gasteiger partial charge is 0.0775 e. The van der Waals surface area contributed by atoms with Gasteiger partial charge in [-0.25, -0.2) is 0 Å². The molecule has 1 aliphatic rings. The van der Waals surface area contributed by atoms with E-state index in [4.69, 9.17) is 0 Å². The van der Waals surface area contributed by atoms with Crippen molar-refractivity contribution in [1.29, 1.82) is 0 Å². The number of benzene rings is 2. The van der Waals surface area contributed by atoms with E-state index in [1.807, 2.05) is 0 Å². The van der Waals surface area contributed by atoms with Crippen LogP contribution in [0.25, 0.3) is 17.2 Å². The van der Waals surface area contributed by atoms with Crippen molar-refractivity contribution in [3.8, 4) is 11.1 Å². The second kappa shape index (κ2) is 6.04. The van der Waals surface area contributed by atoms with Crippen LogP contribution in [0.15, 0.2) is 48.0 Å². The van der Waals surface area contributed by atoms with Gasteiger partial charge in [-0.2, -0.15) is 0 Å². The summed E-state index contributed by atoms with van der Waals surface area (Å²) in [6.07, 6.45) is 4.74. The smallest absolute Gasteiger partial charge is 0.0656 e. The molecule has 0 radical (unpaired) electrons. The van der Waals surface area contributed by atoms with Crippen LogP contribution >= 0.6 is 0 Å². The van der Waals surface area contributed by atoms with Crippen LogP contribution in [0.1, 0.15) is 38.3 Å². The molecule has 0 saturated carbocycles. The van der Waals surface area contributed by atoms with Gasteiger partial charge >= 0.3 is 0 Å². The van der Waals surface area contributed by atoms with Gasteiger partial charge in [-0.1, -0.05) is 99.7 Å². The number of allylic oxidation sites excluding steroid dienone is 1. The lowest BCUT2D eigenvalue weighted by atomic mass is 9.87. The minimum Gasteiger partial charge on any atom is -0.0656 e. The first-order valence-electron chi connectivity index (χ1n) is 9.06. The molecule has 0 saturated heterocycles. The molecule has 0 atom stereocenters. The third-order valence-electron chi connectivity index (χ3n) is 4.78. The highest BCUT2D eigenvalue weighted by atomic mass is 28.3. The van der Waals surface area contributed by atoms with Gasteiger partial charge in [0.2, 0.25) is 0 Å². The van der Waals surface area contributed by atoms with Crippen LogP contribution in [0.3, 0.4) is 0 Å². The van der Waals surface area contributed by atoms with Crippen molar-refractivity contribution in [2.24, 2.45) is 5.41 Å². The summed E-state index contributed by atoms with van der Waals surface area (Å²) in [4.78, 5) is 0. The zero-order chi connectivity index (χ0) is 17.5. The summed E-state index contributed by atoms with van der Waals surface area (Å²) in [5, 5.41) is 1.53. The topological polar surface area (TPSA) is 0 Å². The van der Waals surface area contributed by atoms with Gasteiger partial charge in [-0.3, -0.25) is 0 Å². The summed E-state index contributed by atoms with van der Waals surface area (Å²) < 4.78 is 0. The zero-order valence-corrected chi connectivity index (χ0v) is 17.0. The summed E-state index contributed by atoms with van der Waals surface area (Å²) >= 11 is 0. The quantitative estimate of drug-likeness (QED) is 0.580. The van der Waals surface area contributed by atoms with Crippen molar-refractivity contribution in [1.82, 2.24) is 0 Å². The Kier molecular flexibility index (Phi) is 4.33. The van der Waals surface area contributed by atoms with Crippen molar-refractivity contribution in [2.75, 3.05) is 0 Å². The van der Waals surface area contributed by atoms with E-state index in [0.717, 1.165) is 6.42 Å². The molecule has 0 aromatic heterocycles. The minimum absolute atomic E-state index is 0.354. The molecular formula is C23H30Si. The highest BCUT2D eigenvalue weighted by Gasteiger charge is 2.21. The van der Waals surface area contributed by atoms with Gasteiger partial charge in [0.25, 0.3) is 0 Å². The summed E-state index contributed by atoms with van der Waals surface area (Å²) in [5.41, 5.74) is 7.59. The number of fused-ring (bicyclic) bond motifs is 1. The van der Waals surface area contributed by atoms with Crippen LogP contribution in [0.2, 0.25) is 19.6 Å². The third kappa shape index (κ3) is 3.72. The first-order valence-corrected chi connectivity index (χ1v) is 12.6. The molecule has 126 valence electrons. The Labute approximate surface area is 148 Å². The second-order valence-corrected chi connectivity index (χ2v) is 14.5. The molecule has 2 aromatic carbocycles. The molecule has 0 fully saturated rings. The molecule has 0 bridgehead atoms. The Hall–Kier alpha value is -1.60. The van der Waals surface area contributed by atoms with Gasteiger partial charge in [-0.05, 0) is 40.5 Å². The van der Waals surface area contributed by atoms with Crippen molar-refractivity contribution in [2.45, 2.75) is 53.3 Å². The van der Waals surface area contributed by atoms with Crippen LogP contribution < -0.4 is 5.19 Å². The lowest BCUT2D eigenvalue weighted by Crippen LogP contribution is -2.37. The lowest BCUT2D eigenvalue weighted by molar-refractivity contribution is 0.408. The molecule has 0 unspecified atom stereocenters. The molecule has 0 spiro atoms. The van der Waals surface area contributed by atoms with E-state index in [-0.39, 0.29) is 0 Å². The molecule has 3 rings (SSSR count). The highest BCUT2D eigenvalue weighted by Crippen LogP contribution is 2.37. The fourth-order valence-corrected chi connectivity index (χ4v) is 4.80. The fraction of sp³-hybridized carbons (Fsp3) is 0.391. The minimum atomic E-state index is -1.23. The van der Waals surface area contributed by atoms with Crippen LogP contribution in [0, 0.1) is 5.41 Å². The maximum atomic E-state index is 2.45. The van der Waals surface area contributed by atoms with Crippen molar-refractivity contribution in [3.63, 3.8) is 0 Å². The Morgan fingerprint density at radius 1 is 0.917 bits per heavy atom. The van der Waals surface area contributed by atoms with Crippen molar-refractivity contribution in [3.05, 3.63) is 59.2 Å². The number of hydrogen-bond acceptors (Lipinski definition) is 0. The first kappa shape index (κ1) is 17.2. The Morgan fingerprint density at radius 3 is 2.17 bits per heavy atom. The molecule has 2 aromatic rings. The Balaban J connectivity index is 1.96. The van der Waals surface area contributed by atoms with E-state index in [1.54, 1.807) is 5.57 Å². The van der Waals surface area contributed by atoms with E-state index in [1.165, 1.54) is 33.9 Å². The fourth-order valence-electron chi connectivity index (χ4n) is 3.63. The average Bonchev–Trinajstić information content (AvgIpc) is 2.86. The van der Waals surface area contributed by atoms with Gasteiger partial charge in [0.15, 0.2) is 0 Å². The molecule has 0 nitrogen and oxygen atoms in total. The lowest BCUT2D eigenvalue weighted by Gasteiger charge is -2.18. The molecule has 1 heteroatoms. The second-order valence-electron chi connectivity index (χ2n) is 9.42. The van der Waals surface area contributed by atoms with Gasteiger partial charge < -0.3 is 0 Å². The van der Waals surface area contributed by atoms with E-state index in [9.17, 15) is 0 Å². The summed E-state index contributed by atoms with van der Waals surface area (Å²) in [6, 6.07) is 16.1. The van der Waals surface area contributed by atoms with E-state index < -0.39 is 8.07 Å². The van der Waals surface area contributed by atoms with E-state index in [0.29, 0.717) is 5.41 Å². The van der Waals surface area contributed by atoms with Gasteiger partial charge in [0, 0.05) is 0 Å². The monoisotopic (exact) mass is 334 g/mol. The highest BCUT2D eigenvalue weighted by molar-refractivity contribution is 6.88. The van der Waals surface area contributed by atoms with Gasteiger partial charge in [0.05, 0.1) is 8.07 Å². The summed E-state index contributed by atoms with van der Waals surface area (Å²) in [7, 11) is -1.23. The number of rotatable bonds is 3. The molecule has 0 aliphatic heterocycles. The first-order chi connectivity index (χ1) is 11.1. The maximum absolute atomic E-state index is 2.45. The van der Waals surface area contributed by atoms with Crippen LogP contribution in [0.5, 0.6) is 0 Å². The van der Waals surface area contributed by atoms with Crippen LogP contribution in [-0.4, -0.2) is 8.07 Å². The van der Waals surface area contributed by atoms with Gasteiger partial charge in [-0.15, -0.1) is 0 Å². The molecule has 24 heavy (non-hydrogen) atoms. The van der Waals surface area contributed by atoms with E-state index in [2.05, 4.69) is 89.0 Å². The zero-order valence-electron chi connectivity index (χ0n) is 16.0. The van der Waals surface area contributed by atoms with E-state index >= 15 is 0 Å². The molecule has 0 amide bonds. The Bertz CT molecular complexity index is 765. The third-order valence-corrected chi connectivity index (χ3v) is 6.85. The SMILES string of the molecule is CC(C)(C)CC1=Cc2c(cccc2-c2ccc([Si](C)(C)C)cc2)C1. The standard InChI is InChI=1S/C23H30Si/c1-23(2,3)16-17-14-19-8-7-9-21(22(19)15-17)18-10-12-20(13-11-18)24(4,5)6/h7-13,15H,14,16H2,1-6H3. The van der Waals surface area contributed by atoms with Crippen LogP contribution in [0.4, 0.5) is 0 Å². The average molecular weight is 335 g/mol. The molecule has 0 N–H and O–H groups in total. The molecular weight excluding hydrogens is 304 g/mol. The molecule has 0 heterocycles. The maximum Gasteiger partial charge on any atom is 0.0775 e. The number of hydrogen-bond donors (Lipinski definition) is 0. The summed E-state index contributed by atoms with van der Waals surface area (Å²) in [6.45, 7) is 14.2. The van der Waals surface area contributed by atoms with Crippen molar-refractivity contribution >= 4 is 19.3 Å². The predicted molar refractivity (Wildman–Crippen MR) is 111 cm³/mol. The predicted octanol–water partition coefficient (Wildman–Crippen LogP) is 6.27. The van der Waals surface area contributed by atoms with Gasteiger partial charge in [0.1, 0.15) is 0 Å². The normalized spacial score (nSPS) is 14.5. The Morgan fingerprint density at radius 2 is 1.58 bits per heavy atom. The molecule has 1 aliphatic carbocycles.